The molecule has 1 aromatic carbocycles. The lowest BCUT2D eigenvalue weighted by atomic mass is 10.1. The third-order valence-corrected chi connectivity index (χ3v) is 5.24. The van der Waals surface area contributed by atoms with Crippen LogP contribution in [0.3, 0.4) is 0 Å². The van der Waals surface area contributed by atoms with Gasteiger partial charge in [0.2, 0.25) is 5.89 Å². The number of ether oxygens (including phenoxy) is 1. The lowest BCUT2D eigenvalue weighted by molar-refractivity contribution is -0.128. The summed E-state index contributed by atoms with van der Waals surface area (Å²) in [5.74, 6) is 2.46. The van der Waals surface area contributed by atoms with Crippen molar-refractivity contribution in [2.45, 2.75) is 64.1 Å². The van der Waals surface area contributed by atoms with E-state index >= 15 is 0 Å². The topological polar surface area (TPSA) is 80.5 Å². The Morgan fingerprint density at radius 2 is 2.07 bits per heavy atom. The number of hydrogen-bond donors (Lipinski definition) is 1. The summed E-state index contributed by atoms with van der Waals surface area (Å²) in [5, 5.41) is 7.18. The summed E-state index contributed by atoms with van der Waals surface area (Å²) in [6.07, 6.45) is 3.52. The van der Waals surface area contributed by atoms with Crippen LogP contribution >= 0.6 is 0 Å². The lowest BCUT2D eigenvalue weighted by Crippen LogP contribution is -2.51. The Morgan fingerprint density at radius 1 is 1.30 bits per heavy atom. The first-order chi connectivity index (χ1) is 13.2. The number of nitrogens with zero attached hydrogens (tertiary/aromatic N) is 3. The largest absolute Gasteiger partial charge is 0.477 e. The monoisotopic (exact) mass is 370 g/mol. The molecule has 0 saturated heterocycles. The van der Waals surface area contributed by atoms with Gasteiger partial charge in [-0.25, -0.2) is 0 Å². The van der Waals surface area contributed by atoms with Crippen LogP contribution in [0.4, 0.5) is 5.69 Å². The average Bonchev–Trinajstić information content (AvgIpc) is 3.45. The van der Waals surface area contributed by atoms with Crippen molar-refractivity contribution < 1.29 is 14.1 Å². The second-order valence-electron chi connectivity index (χ2n) is 7.30. The summed E-state index contributed by atoms with van der Waals surface area (Å²) in [7, 11) is 0. The van der Waals surface area contributed by atoms with Crippen LogP contribution in [0.5, 0.6) is 5.75 Å². The number of carbonyl (C=O) groups is 1. The highest BCUT2D eigenvalue weighted by molar-refractivity contribution is 5.83. The summed E-state index contributed by atoms with van der Waals surface area (Å²) in [4.78, 5) is 19.3. The van der Waals surface area contributed by atoms with Gasteiger partial charge in [-0.05, 0) is 37.8 Å². The molecule has 0 unspecified atom stereocenters. The molecule has 1 atom stereocenters. The molecule has 0 radical (unpaired) electrons. The minimum absolute atomic E-state index is 0.0765. The van der Waals surface area contributed by atoms with Crippen LogP contribution in [-0.2, 0) is 11.3 Å². The normalized spacial score (nSPS) is 18.9. The van der Waals surface area contributed by atoms with Crippen LogP contribution in [0.15, 0.2) is 28.8 Å². The molecule has 0 bridgehead atoms. The number of anilines is 1. The molecule has 1 aromatic heterocycles. The van der Waals surface area contributed by atoms with E-state index in [2.05, 4.69) is 34.2 Å². The molecule has 1 amide bonds. The van der Waals surface area contributed by atoms with E-state index in [1.807, 2.05) is 24.3 Å². The molecule has 2 aliphatic rings. The Balaban J connectivity index is 1.51. The van der Waals surface area contributed by atoms with Crippen LogP contribution in [0.25, 0.3) is 0 Å². The smallest absolute Gasteiger partial charge is 0.263 e. The molecule has 27 heavy (non-hydrogen) atoms. The van der Waals surface area contributed by atoms with Crippen molar-refractivity contribution in [2.75, 3.05) is 11.4 Å². The Labute approximate surface area is 159 Å². The van der Waals surface area contributed by atoms with Gasteiger partial charge in [-0.3, -0.25) is 4.79 Å². The minimum atomic E-state index is -0.564. The number of nitrogens with one attached hydrogen (secondary N) is 1. The molecule has 4 rings (SSSR count). The van der Waals surface area contributed by atoms with Gasteiger partial charge in [0.05, 0.1) is 18.8 Å². The maximum Gasteiger partial charge on any atom is 0.263 e. The number of carbonyl (C=O) groups excluding carboxylic acids is 1. The molecule has 144 valence electrons. The molecule has 1 saturated carbocycles. The van der Waals surface area contributed by atoms with Gasteiger partial charge in [-0.1, -0.05) is 31.1 Å². The van der Waals surface area contributed by atoms with Crippen LogP contribution in [0.2, 0.25) is 0 Å². The molecule has 0 spiro atoms. The Hall–Kier alpha value is -2.57. The number of aromatic nitrogens is 2. The number of hydrogen-bond acceptors (Lipinski definition) is 6. The van der Waals surface area contributed by atoms with Gasteiger partial charge < -0.3 is 19.5 Å². The summed E-state index contributed by atoms with van der Waals surface area (Å²) in [6.45, 7) is 5.06. The quantitative estimate of drug-likeness (QED) is 0.807. The van der Waals surface area contributed by atoms with Gasteiger partial charge in [-0.15, -0.1) is 0 Å². The van der Waals surface area contributed by atoms with Crippen LogP contribution in [0, 0.1) is 0 Å². The second-order valence-corrected chi connectivity index (χ2v) is 7.30. The molecular formula is C20H26N4O3. The minimum Gasteiger partial charge on any atom is -0.477 e. The Morgan fingerprint density at radius 3 is 2.81 bits per heavy atom. The van der Waals surface area contributed by atoms with Gasteiger partial charge in [0.1, 0.15) is 5.75 Å². The van der Waals surface area contributed by atoms with E-state index in [-0.39, 0.29) is 11.9 Å². The number of para-hydroxylation sites is 2. The summed E-state index contributed by atoms with van der Waals surface area (Å²) in [6, 6.07) is 7.92. The summed E-state index contributed by atoms with van der Waals surface area (Å²) in [5.41, 5.74) is 0.940. The zero-order chi connectivity index (χ0) is 18.8. The molecular weight excluding hydrogens is 344 g/mol. The first kappa shape index (κ1) is 17.8. The van der Waals surface area contributed by atoms with Gasteiger partial charge in [0.25, 0.3) is 5.91 Å². The van der Waals surface area contributed by atoms with Crippen molar-refractivity contribution in [1.29, 1.82) is 0 Å². The maximum atomic E-state index is 12.7. The van der Waals surface area contributed by atoms with E-state index < -0.39 is 6.10 Å². The van der Waals surface area contributed by atoms with Crippen LogP contribution in [0.1, 0.15) is 57.2 Å². The van der Waals surface area contributed by atoms with Crippen molar-refractivity contribution in [3.05, 3.63) is 36.0 Å². The van der Waals surface area contributed by atoms with Crippen molar-refractivity contribution in [3.8, 4) is 5.75 Å². The predicted molar refractivity (Wildman–Crippen MR) is 101 cm³/mol. The van der Waals surface area contributed by atoms with Crippen molar-refractivity contribution in [3.63, 3.8) is 0 Å². The molecule has 7 nitrogen and oxygen atoms in total. The molecule has 1 N–H and O–H groups in total. The van der Waals surface area contributed by atoms with Crippen molar-refractivity contribution in [1.82, 2.24) is 15.5 Å². The fourth-order valence-electron chi connectivity index (χ4n) is 3.38. The van der Waals surface area contributed by atoms with E-state index in [1.165, 1.54) is 0 Å². The fraction of sp³-hybridized carbons (Fsp3) is 0.550. The molecule has 1 aliphatic heterocycles. The number of rotatable bonds is 7. The molecule has 2 heterocycles. The standard InChI is InChI=1S/C20H26N4O3/c1-3-14(4-2)21-20(25)17-11-24(15-7-5-6-8-16(15)26-17)12-18-22-19(23-27-18)13-9-10-13/h5-8,13-14,17H,3-4,9-12H2,1-2H3,(H,21,25)/t17-/m1/s1. The predicted octanol–water partition coefficient (Wildman–Crippen LogP) is 3.02. The van der Waals surface area contributed by atoms with E-state index in [9.17, 15) is 4.79 Å². The molecule has 1 fully saturated rings. The fourth-order valence-corrected chi connectivity index (χ4v) is 3.38. The van der Waals surface area contributed by atoms with E-state index in [0.29, 0.717) is 30.6 Å². The van der Waals surface area contributed by atoms with Crippen molar-refractivity contribution >= 4 is 11.6 Å². The van der Waals surface area contributed by atoms with Crippen LogP contribution < -0.4 is 15.0 Å². The average molecular weight is 370 g/mol. The van der Waals surface area contributed by atoms with Crippen LogP contribution in [-0.4, -0.2) is 34.7 Å². The molecule has 2 aromatic rings. The number of fused-ring (bicyclic) bond motifs is 1. The lowest BCUT2D eigenvalue weighted by Gasteiger charge is -2.35. The van der Waals surface area contributed by atoms with E-state index in [4.69, 9.17) is 9.26 Å². The highest BCUT2D eigenvalue weighted by atomic mass is 16.5. The van der Waals surface area contributed by atoms with Gasteiger partial charge in [0, 0.05) is 12.0 Å². The zero-order valence-electron chi connectivity index (χ0n) is 15.9. The maximum absolute atomic E-state index is 12.7. The first-order valence-electron chi connectivity index (χ1n) is 9.81. The zero-order valence-corrected chi connectivity index (χ0v) is 15.9. The van der Waals surface area contributed by atoms with E-state index in [0.717, 1.165) is 37.2 Å². The van der Waals surface area contributed by atoms with Crippen molar-refractivity contribution in [2.24, 2.45) is 0 Å². The summed E-state index contributed by atoms with van der Waals surface area (Å²) < 4.78 is 11.4. The highest BCUT2D eigenvalue weighted by Crippen LogP contribution is 2.38. The SMILES string of the molecule is CCC(CC)NC(=O)[C@H]1CN(Cc2nc(C3CC3)no2)c2ccccc2O1. The third kappa shape index (κ3) is 3.91. The first-order valence-corrected chi connectivity index (χ1v) is 9.81. The van der Waals surface area contributed by atoms with Gasteiger partial charge >= 0.3 is 0 Å². The Bertz CT molecular complexity index is 798. The molecule has 7 heteroatoms. The second kappa shape index (κ2) is 7.58. The Kier molecular flexibility index (Phi) is 5.01. The molecule has 1 aliphatic carbocycles. The van der Waals surface area contributed by atoms with Gasteiger partial charge in [-0.2, -0.15) is 4.98 Å². The van der Waals surface area contributed by atoms with Gasteiger partial charge in [0.15, 0.2) is 11.9 Å². The summed E-state index contributed by atoms with van der Waals surface area (Å²) >= 11 is 0. The third-order valence-electron chi connectivity index (χ3n) is 5.24. The number of benzene rings is 1. The number of amides is 1. The van der Waals surface area contributed by atoms with E-state index in [1.54, 1.807) is 0 Å². The highest BCUT2D eigenvalue weighted by Gasteiger charge is 2.33.